The molecule has 4 aromatic heterocycles. The zero-order chi connectivity index (χ0) is 76.1. The predicted octanol–water partition coefficient (Wildman–Crippen LogP) is 28.5. The molecule has 0 saturated heterocycles. The summed E-state index contributed by atoms with van der Waals surface area (Å²) >= 11 is 3.57. The predicted molar refractivity (Wildman–Crippen MR) is 481 cm³/mol. The van der Waals surface area contributed by atoms with Gasteiger partial charge in [-0.25, -0.2) is 29.9 Å². The normalized spacial score (nSPS) is 14.5. The number of fused-ring (bicyclic) bond motifs is 10. The molecule has 4 heterocycles. The fourth-order valence-corrected chi connectivity index (χ4v) is 20.4. The monoisotopic (exact) mass is 1500 g/mol. The molecule has 538 valence electrons. The van der Waals surface area contributed by atoms with E-state index in [1.165, 1.54) is 97.0 Å². The first kappa shape index (κ1) is 67.6. The van der Waals surface area contributed by atoms with Gasteiger partial charge in [-0.3, -0.25) is 0 Å². The largest absolute Gasteiger partial charge is 0.208 e. The van der Waals surface area contributed by atoms with E-state index >= 15 is 0 Å². The van der Waals surface area contributed by atoms with Gasteiger partial charge in [0.15, 0.2) is 34.9 Å². The number of rotatable bonds is 13. The maximum atomic E-state index is 5.55. The molecule has 0 spiro atoms. The summed E-state index contributed by atoms with van der Waals surface area (Å²) in [6.07, 6.45) is 9.18. The van der Waals surface area contributed by atoms with Crippen molar-refractivity contribution in [1.29, 1.82) is 0 Å². The van der Waals surface area contributed by atoms with E-state index in [-0.39, 0.29) is 5.92 Å². The topological polar surface area (TPSA) is 77.3 Å². The van der Waals surface area contributed by atoms with E-state index < -0.39 is 5.41 Å². The number of nitrogens with zero attached hydrogens (tertiary/aromatic N) is 6. The molecule has 8 heteroatoms. The van der Waals surface area contributed by atoms with E-state index in [2.05, 4.69) is 395 Å². The molecule has 0 saturated carbocycles. The number of hydrogen-bond donors (Lipinski definition) is 0. The van der Waals surface area contributed by atoms with E-state index in [1.54, 1.807) is 22.7 Å². The minimum absolute atomic E-state index is 0.0139. The van der Waals surface area contributed by atoms with Crippen LogP contribution < -0.4 is 0 Å². The van der Waals surface area contributed by atoms with Crippen molar-refractivity contribution in [3.63, 3.8) is 0 Å². The highest BCUT2D eigenvalue weighted by Crippen LogP contribution is 2.58. The molecule has 16 aromatic carbocycles. The second-order valence-electron chi connectivity index (χ2n) is 30.0. The molecule has 6 nitrogen and oxygen atoms in total. The maximum Gasteiger partial charge on any atom is 0.165 e. The first-order valence-corrected chi connectivity index (χ1v) is 40.7. The molecule has 0 N–H and O–H groups in total. The van der Waals surface area contributed by atoms with Crippen LogP contribution in [-0.4, -0.2) is 29.9 Å². The highest BCUT2D eigenvalue weighted by molar-refractivity contribution is 7.26. The van der Waals surface area contributed by atoms with Crippen LogP contribution in [-0.2, 0) is 0 Å². The van der Waals surface area contributed by atoms with Gasteiger partial charge in [-0.05, 0) is 153 Å². The van der Waals surface area contributed by atoms with Crippen molar-refractivity contribution in [2.75, 3.05) is 0 Å². The lowest BCUT2D eigenvalue weighted by atomic mass is 9.58. The summed E-state index contributed by atoms with van der Waals surface area (Å²) in [6.45, 7) is 2.42. The number of thiophene rings is 2. The second-order valence-corrected chi connectivity index (χ2v) is 32.1. The maximum absolute atomic E-state index is 5.55. The Morgan fingerprint density at radius 3 is 1.17 bits per heavy atom. The lowest BCUT2D eigenvalue weighted by Gasteiger charge is -2.45. The van der Waals surface area contributed by atoms with Gasteiger partial charge in [0.1, 0.15) is 0 Å². The summed E-state index contributed by atoms with van der Waals surface area (Å²) in [4.78, 5) is 32.7. The highest BCUT2D eigenvalue weighted by atomic mass is 32.1. The van der Waals surface area contributed by atoms with E-state index in [1.807, 2.05) is 0 Å². The Kier molecular flexibility index (Phi) is 16.4. The van der Waals surface area contributed by atoms with Crippen molar-refractivity contribution in [3.8, 4) is 124 Å². The van der Waals surface area contributed by atoms with Crippen LogP contribution in [0.15, 0.2) is 394 Å². The summed E-state index contributed by atoms with van der Waals surface area (Å²) in [7, 11) is 0. The van der Waals surface area contributed by atoms with Gasteiger partial charge in [0.25, 0.3) is 0 Å². The molecule has 20 aromatic rings. The van der Waals surface area contributed by atoms with Gasteiger partial charge in [0, 0.05) is 85.1 Å². The quantitative estimate of drug-likeness (QED) is 0.107. The van der Waals surface area contributed by atoms with Gasteiger partial charge >= 0.3 is 0 Å². The van der Waals surface area contributed by atoms with Gasteiger partial charge in [-0.15, -0.1) is 22.7 Å². The Morgan fingerprint density at radius 1 is 0.252 bits per heavy atom. The number of hydrogen-bond acceptors (Lipinski definition) is 8. The Balaban J connectivity index is 0.602. The second kappa shape index (κ2) is 27.9. The van der Waals surface area contributed by atoms with Crippen LogP contribution in [0.1, 0.15) is 35.1 Å². The van der Waals surface area contributed by atoms with Crippen LogP contribution >= 0.6 is 22.7 Å². The standard InChI is InChI=1S/C107H68N6S2/c1-107-62-21-20-51-92(107)97(85-44-13-15-46-89(85)104-110-103(76-35-23-33-74(64-76)66-27-4-2-5-28-66)112-106(113-104)91-50-26-48-88-79-38-17-19-53-94(79)115-100(88)91)84-43-12-14-45-86(84)98(107)70-58-54-67(55-59-70)72-31-22-32-73(63-72)68-56-60-71(61-57-68)101-108-102(111-105(109-101)90-49-25-47-87-78-37-16-18-52-93(78)114-99(87)90)77-36-24-34-75(65-77)96-82-41-10-8-39-80(82)95(69-29-6-3-7-30-69)81-40-9-11-42-83(81)96/h2-65,98H,1H3. The lowest BCUT2D eigenvalue weighted by Crippen LogP contribution is -2.32. The van der Waals surface area contributed by atoms with Gasteiger partial charge in [0.2, 0.25) is 0 Å². The molecule has 2 atom stereocenters. The van der Waals surface area contributed by atoms with Crippen molar-refractivity contribution in [3.05, 3.63) is 416 Å². The third-order valence-corrected chi connectivity index (χ3v) is 25.8. The van der Waals surface area contributed by atoms with Gasteiger partial charge in [-0.2, -0.15) is 0 Å². The Labute approximate surface area is 673 Å². The first-order valence-electron chi connectivity index (χ1n) is 39.1. The molecule has 0 aliphatic heterocycles. The molecule has 2 aliphatic rings. The number of aromatic nitrogens is 6. The molecular formula is C107H68N6S2. The average Bonchev–Trinajstić information content (AvgIpc) is 1.18. The highest BCUT2D eigenvalue weighted by Gasteiger charge is 2.45. The number of allylic oxidation sites excluding steroid dienone is 5. The third-order valence-electron chi connectivity index (χ3n) is 23.4. The Bertz CT molecular complexity index is 7360. The molecule has 22 rings (SSSR count). The first-order chi connectivity index (χ1) is 56.9. The SMILES string of the molecule is CC12C=CC=CC1=C(c1ccccc1-c1nc(-c3cccc(-c4ccccc4)c3)nc(-c3cccc4c3sc3ccccc34)n1)c1ccccc1C2c1ccc(-c2cccc(-c3ccc(-c4nc(-c5cccc(-c6c7ccccc7c(-c7ccccc7)c7ccccc67)c5)nc(-c5cccc6c5sc5ccccc56)n4)cc3)c2)cc1. The van der Waals surface area contributed by atoms with Crippen LogP contribution in [0, 0.1) is 5.41 Å². The van der Waals surface area contributed by atoms with E-state index in [9.17, 15) is 0 Å². The molecule has 0 fully saturated rings. The third kappa shape index (κ3) is 11.7. The Morgan fingerprint density at radius 2 is 0.609 bits per heavy atom. The van der Waals surface area contributed by atoms with Gasteiger partial charge in [-0.1, -0.05) is 353 Å². The fraction of sp³-hybridized carbons (Fsp3) is 0.0280. The molecule has 115 heavy (non-hydrogen) atoms. The molecule has 0 amide bonds. The molecule has 0 radical (unpaired) electrons. The van der Waals surface area contributed by atoms with Crippen molar-refractivity contribution in [2.24, 2.45) is 5.41 Å². The van der Waals surface area contributed by atoms with Crippen LogP contribution in [0.3, 0.4) is 0 Å². The molecule has 0 bridgehead atoms. The van der Waals surface area contributed by atoms with E-state index in [4.69, 9.17) is 29.9 Å². The van der Waals surface area contributed by atoms with Crippen molar-refractivity contribution < 1.29 is 0 Å². The van der Waals surface area contributed by atoms with Gasteiger partial charge < -0.3 is 0 Å². The average molecular weight is 1500 g/mol. The molecule has 2 aliphatic carbocycles. The van der Waals surface area contributed by atoms with Crippen LogP contribution in [0.25, 0.3) is 191 Å². The van der Waals surface area contributed by atoms with Crippen molar-refractivity contribution >= 4 is 90.1 Å². The minimum atomic E-state index is -0.450. The lowest BCUT2D eigenvalue weighted by molar-refractivity contribution is 0.448. The molecule has 2 unspecified atom stereocenters. The molecular weight excluding hydrogens is 1430 g/mol. The number of benzene rings is 16. The summed E-state index contributed by atoms with van der Waals surface area (Å²) in [5.74, 6) is 3.69. The summed E-state index contributed by atoms with van der Waals surface area (Å²) in [5.41, 5.74) is 23.7. The smallest absolute Gasteiger partial charge is 0.165 e. The minimum Gasteiger partial charge on any atom is -0.208 e. The van der Waals surface area contributed by atoms with Crippen LogP contribution in [0.5, 0.6) is 0 Å². The van der Waals surface area contributed by atoms with Gasteiger partial charge in [0.05, 0.1) is 0 Å². The summed E-state index contributed by atoms with van der Waals surface area (Å²) < 4.78 is 4.75. The van der Waals surface area contributed by atoms with E-state index in [0.29, 0.717) is 34.9 Å². The zero-order valence-electron chi connectivity index (χ0n) is 62.5. The van der Waals surface area contributed by atoms with E-state index in [0.717, 1.165) is 87.3 Å². The van der Waals surface area contributed by atoms with Crippen LogP contribution in [0.4, 0.5) is 0 Å². The summed E-state index contributed by atoms with van der Waals surface area (Å²) in [5, 5.41) is 9.62. The van der Waals surface area contributed by atoms with Crippen LogP contribution in [0.2, 0.25) is 0 Å². The Hall–Kier alpha value is -14.3. The van der Waals surface area contributed by atoms with Crippen molar-refractivity contribution in [1.82, 2.24) is 29.9 Å². The fourth-order valence-electron chi connectivity index (χ4n) is 18.0. The zero-order valence-corrected chi connectivity index (χ0v) is 64.2. The summed E-state index contributed by atoms with van der Waals surface area (Å²) in [6, 6.07) is 131. The van der Waals surface area contributed by atoms with Crippen molar-refractivity contribution in [2.45, 2.75) is 12.8 Å².